The molecule has 1 rings (SSSR count). The molecule has 0 unspecified atom stereocenters. The van der Waals surface area contributed by atoms with Crippen molar-refractivity contribution in [3.05, 3.63) is 22.9 Å². The van der Waals surface area contributed by atoms with Crippen molar-refractivity contribution < 1.29 is 14.7 Å². The molecule has 0 spiro atoms. The van der Waals surface area contributed by atoms with E-state index in [9.17, 15) is 9.59 Å². The molecule has 0 aromatic heterocycles. The maximum atomic E-state index is 12.0. The highest BCUT2D eigenvalue weighted by atomic mass is 16.3. The van der Waals surface area contributed by atoms with Crippen LogP contribution in [0.5, 0.6) is 0 Å². The zero-order valence-electron chi connectivity index (χ0n) is 9.83. The Morgan fingerprint density at radius 1 is 1.38 bits per heavy atom. The number of hydrogen-bond donors (Lipinski definition) is 2. The summed E-state index contributed by atoms with van der Waals surface area (Å²) in [6.45, 7) is 5.58. The molecule has 0 aliphatic heterocycles. The Bertz CT molecular complexity index is 378. The number of aliphatic hydroxyl groups excluding tert-OH is 1. The molecule has 88 valence electrons. The van der Waals surface area contributed by atoms with E-state index in [-0.39, 0.29) is 30.6 Å². The number of Topliss-reactive ketones (excluding diaryl/α,β-unsaturated/α-hetero) is 1. The SMILES string of the molecule is CC1=C(NCCO)C(=O)C(C(C)C)=CC1=O. The summed E-state index contributed by atoms with van der Waals surface area (Å²) in [6.07, 6.45) is 1.41. The smallest absolute Gasteiger partial charge is 0.205 e. The summed E-state index contributed by atoms with van der Waals surface area (Å²) in [5.74, 6) is -0.250. The molecule has 0 atom stereocenters. The van der Waals surface area contributed by atoms with Crippen molar-refractivity contribution in [2.45, 2.75) is 20.8 Å². The second-order valence-corrected chi connectivity index (χ2v) is 4.10. The average Bonchev–Trinajstić information content (AvgIpc) is 2.23. The van der Waals surface area contributed by atoms with Gasteiger partial charge in [-0.1, -0.05) is 13.8 Å². The number of ketones is 2. The van der Waals surface area contributed by atoms with Crippen molar-refractivity contribution in [3.63, 3.8) is 0 Å². The van der Waals surface area contributed by atoms with E-state index < -0.39 is 0 Å². The monoisotopic (exact) mass is 223 g/mol. The van der Waals surface area contributed by atoms with Crippen LogP contribution in [0.4, 0.5) is 0 Å². The number of aliphatic hydroxyl groups is 1. The summed E-state index contributed by atoms with van der Waals surface area (Å²) < 4.78 is 0. The largest absolute Gasteiger partial charge is 0.395 e. The van der Waals surface area contributed by atoms with Crippen molar-refractivity contribution in [1.29, 1.82) is 0 Å². The predicted molar refractivity (Wildman–Crippen MR) is 60.7 cm³/mol. The Morgan fingerprint density at radius 3 is 2.50 bits per heavy atom. The van der Waals surface area contributed by atoms with Crippen LogP contribution >= 0.6 is 0 Å². The molecule has 0 heterocycles. The first-order valence-electron chi connectivity index (χ1n) is 5.35. The van der Waals surface area contributed by atoms with Gasteiger partial charge in [-0.15, -0.1) is 0 Å². The fraction of sp³-hybridized carbons (Fsp3) is 0.500. The van der Waals surface area contributed by atoms with Gasteiger partial charge >= 0.3 is 0 Å². The number of carbonyl (C=O) groups excluding carboxylic acids is 2. The Balaban J connectivity index is 3.01. The van der Waals surface area contributed by atoms with E-state index in [0.717, 1.165) is 0 Å². The highest BCUT2D eigenvalue weighted by Gasteiger charge is 2.27. The van der Waals surface area contributed by atoms with Gasteiger partial charge in [-0.05, 0) is 18.9 Å². The van der Waals surface area contributed by atoms with E-state index in [4.69, 9.17) is 5.11 Å². The molecule has 1 aliphatic rings. The molecule has 1 aliphatic carbocycles. The van der Waals surface area contributed by atoms with Gasteiger partial charge in [0.2, 0.25) is 5.78 Å². The van der Waals surface area contributed by atoms with Crippen LogP contribution in [0, 0.1) is 5.92 Å². The molecule has 2 N–H and O–H groups in total. The lowest BCUT2D eigenvalue weighted by molar-refractivity contribution is -0.116. The molecule has 0 bridgehead atoms. The predicted octanol–water partition coefficient (Wildman–Crippen LogP) is 0.577. The summed E-state index contributed by atoms with van der Waals surface area (Å²) in [5, 5.41) is 11.5. The van der Waals surface area contributed by atoms with E-state index in [0.29, 0.717) is 16.8 Å². The van der Waals surface area contributed by atoms with Crippen LogP contribution in [0.1, 0.15) is 20.8 Å². The molecule has 0 fully saturated rings. The Kier molecular flexibility index (Phi) is 4.01. The summed E-state index contributed by atoms with van der Waals surface area (Å²) in [5.41, 5.74) is 1.27. The van der Waals surface area contributed by atoms with Crippen molar-refractivity contribution in [2.75, 3.05) is 13.2 Å². The summed E-state index contributed by atoms with van der Waals surface area (Å²) in [6, 6.07) is 0. The van der Waals surface area contributed by atoms with Gasteiger partial charge in [-0.2, -0.15) is 0 Å². The van der Waals surface area contributed by atoms with Gasteiger partial charge in [0, 0.05) is 17.7 Å². The second kappa shape index (κ2) is 5.07. The molecular formula is C12H17NO3. The first-order chi connectivity index (χ1) is 7.49. The standard InChI is InChI=1S/C12H17NO3/c1-7(2)9-6-10(15)8(3)11(12(9)16)13-4-5-14/h6-7,13-14H,4-5H2,1-3H3. The lowest BCUT2D eigenvalue weighted by Gasteiger charge is -2.20. The van der Waals surface area contributed by atoms with E-state index >= 15 is 0 Å². The zero-order chi connectivity index (χ0) is 12.3. The molecule has 4 heteroatoms. The second-order valence-electron chi connectivity index (χ2n) is 4.10. The van der Waals surface area contributed by atoms with Crippen LogP contribution in [-0.4, -0.2) is 29.8 Å². The summed E-state index contributed by atoms with van der Waals surface area (Å²) in [4.78, 5) is 23.6. The quantitative estimate of drug-likeness (QED) is 0.684. The minimum atomic E-state index is -0.138. The molecule has 0 amide bonds. The third-order valence-electron chi connectivity index (χ3n) is 2.56. The summed E-state index contributed by atoms with van der Waals surface area (Å²) in [7, 11) is 0. The van der Waals surface area contributed by atoms with Crippen LogP contribution in [0.25, 0.3) is 0 Å². The van der Waals surface area contributed by atoms with Gasteiger partial charge < -0.3 is 10.4 Å². The highest BCUT2D eigenvalue weighted by Crippen LogP contribution is 2.22. The molecule has 0 radical (unpaired) electrons. The molecule has 16 heavy (non-hydrogen) atoms. The maximum Gasteiger partial charge on any atom is 0.205 e. The first-order valence-corrected chi connectivity index (χ1v) is 5.35. The normalized spacial score (nSPS) is 16.9. The van der Waals surface area contributed by atoms with Gasteiger partial charge in [0.05, 0.1) is 12.3 Å². The number of nitrogens with one attached hydrogen (secondary N) is 1. The average molecular weight is 223 g/mol. The number of carbonyl (C=O) groups is 2. The van der Waals surface area contributed by atoms with Gasteiger partial charge in [0.25, 0.3) is 0 Å². The van der Waals surface area contributed by atoms with Crippen molar-refractivity contribution >= 4 is 11.6 Å². The topological polar surface area (TPSA) is 66.4 Å². The lowest BCUT2D eigenvalue weighted by atomic mass is 9.88. The van der Waals surface area contributed by atoms with Crippen LogP contribution in [0.3, 0.4) is 0 Å². The Labute approximate surface area is 95.0 Å². The highest BCUT2D eigenvalue weighted by molar-refractivity contribution is 6.22. The minimum absolute atomic E-state index is 0.0236. The number of rotatable bonds is 4. The molecule has 4 nitrogen and oxygen atoms in total. The third kappa shape index (κ3) is 2.39. The van der Waals surface area contributed by atoms with Gasteiger partial charge in [0.15, 0.2) is 5.78 Å². The van der Waals surface area contributed by atoms with E-state index in [1.807, 2.05) is 13.8 Å². The van der Waals surface area contributed by atoms with E-state index in [1.165, 1.54) is 6.08 Å². The van der Waals surface area contributed by atoms with Gasteiger partial charge in [-0.25, -0.2) is 0 Å². The summed E-state index contributed by atoms with van der Waals surface area (Å²) >= 11 is 0. The third-order valence-corrected chi connectivity index (χ3v) is 2.56. The molecule has 0 aromatic rings. The van der Waals surface area contributed by atoms with Crippen molar-refractivity contribution in [2.24, 2.45) is 5.92 Å². The molecular weight excluding hydrogens is 206 g/mol. The van der Waals surface area contributed by atoms with Crippen LogP contribution in [0.2, 0.25) is 0 Å². The van der Waals surface area contributed by atoms with E-state index in [1.54, 1.807) is 6.92 Å². The first kappa shape index (κ1) is 12.6. The van der Waals surface area contributed by atoms with Crippen LogP contribution < -0.4 is 5.32 Å². The molecule has 0 saturated heterocycles. The van der Waals surface area contributed by atoms with Crippen molar-refractivity contribution in [3.8, 4) is 0 Å². The van der Waals surface area contributed by atoms with Crippen molar-refractivity contribution in [1.82, 2.24) is 5.32 Å². The number of hydrogen-bond acceptors (Lipinski definition) is 4. The van der Waals surface area contributed by atoms with E-state index in [2.05, 4.69) is 5.32 Å². The lowest BCUT2D eigenvalue weighted by Crippen LogP contribution is -2.31. The van der Waals surface area contributed by atoms with Crippen LogP contribution in [0.15, 0.2) is 22.9 Å². The van der Waals surface area contributed by atoms with Gasteiger partial charge in [0.1, 0.15) is 0 Å². The maximum absolute atomic E-state index is 12.0. The zero-order valence-corrected chi connectivity index (χ0v) is 9.83. The Morgan fingerprint density at radius 2 is 2.00 bits per heavy atom. The minimum Gasteiger partial charge on any atom is -0.395 e. The fourth-order valence-electron chi connectivity index (χ4n) is 1.58. The fourth-order valence-corrected chi connectivity index (χ4v) is 1.58. The Hall–Kier alpha value is -1.42. The number of allylic oxidation sites excluding steroid dienone is 3. The van der Waals surface area contributed by atoms with Crippen LogP contribution in [-0.2, 0) is 9.59 Å². The molecule has 0 saturated carbocycles. The van der Waals surface area contributed by atoms with Gasteiger partial charge in [-0.3, -0.25) is 9.59 Å². The molecule has 0 aromatic carbocycles.